The highest BCUT2D eigenvalue weighted by Crippen LogP contribution is 2.22. The van der Waals surface area contributed by atoms with Gasteiger partial charge in [0.25, 0.3) is 0 Å². The molecule has 2 heterocycles. The average Bonchev–Trinajstić information content (AvgIpc) is 2.42. The summed E-state index contributed by atoms with van der Waals surface area (Å²) in [5.41, 5.74) is -0.506. The van der Waals surface area contributed by atoms with Gasteiger partial charge in [0.15, 0.2) is 0 Å². The summed E-state index contributed by atoms with van der Waals surface area (Å²) in [6, 6.07) is -0.673. The van der Waals surface area contributed by atoms with Crippen molar-refractivity contribution in [2.75, 3.05) is 26.2 Å². The van der Waals surface area contributed by atoms with Gasteiger partial charge in [-0.05, 0) is 24.8 Å². The first-order chi connectivity index (χ1) is 9.79. The number of urea groups is 1. The average molecular weight is 297 g/mol. The van der Waals surface area contributed by atoms with Gasteiger partial charge in [-0.15, -0.1) is 0 Å². The molecule has 0 spiro atoms. The fourth-order valence-corrected chi connectivity index (χ4v) is 3.20. The quantitative estimate of drug-likeness (QED) is 0.807. The number of piperazine rings is 1. The molecule has 1 unspecified atom stereocenters. The molecule has 6 nitrogen and oxygen atoms in total. The van der Waals surface area contributed by atoms with E-state index in [1.807, 2.05) is 20.8 Å². The van der Waals surface area contributed by atoms with Crippen molar-refractivity contribution < 1.29 is 14.7 Å². The van der Waals surface area contributed by atoms with Crippen LogP contribution in [0.25, 0.3) is 0 Å². The Hall–Kier alpha value is -1.30. The maximum Gasteiger partial charge on any atom is 0.326 e. The van der Waals surface area contributed by atoms with Crippen LogP contribution < -0.4 is 5.32 Å². The number of fused-ring (bicyclic) bond motifs is 1. The molecule has 2 rings (SSSR count). The van der Waals surface area contributed by atoms with Crippen LogP contribution in [0.4, 0.5) is 4.79 Å². The highest BCUT2D eigenvalue weighted by molar-refractivity contribution is 5.83. The van der Waals surface area contributed by atoms with E-state index >= 15 is 0 Å². The number of aliphatic carboxylic acids is 1. The van der Waals surface area contributed by atoms with Crippen molar-refractivity contribution in [3.05, 3.63) is 0 Å². The van der Waals surface area contributed by atoms with Crippen molar-refractivity contribution in [1.29, 1.82) is 0 Å². The first-order valence-electron chi connectivity index (χ1n) is 7.81. The highest BCUT2D eigenvalue weighted by Gasteiger charge is 2.36. The number of piperidine rings is 1. The van der Waals surface area contributed by atoms with Crippen LogP contribution in [0, 0.1) is 5.41 Å². The zero-order chi connectivity index (χ0) is 15.6. The highest BCUT2D eigenvalue weighted by atomic mass is 16.4. The third kappa shape index (κ3) is 3.87. The predicted molar refractivity (Wildman–Crippen MR) is 80.2 cm³/mol. The van der Waals surface area contributed by atoms with Crippen LogP contribution in [0.1, 0.15) is 40.0 Å². The van der Waals surface area contributed by atoms with Crippen LogP contribution in [0.5, 0.6) is 0 Å². The Bertz CT molecular complexity index is 405. The van der Waals surface area contributed by atoms with Gasteiger partial charge in [-0.3, -0.25) is 4.90 Å². The van der Waals surface area contributed by atoms with Gasteiger partial charge in [0.05, 0.1) is 0 Å². The van der Waals surface area contributed by atoms with E-state index in [4.69, 9.17) is 0 Å². The molecule has 2 aliphatic rings. The van der Waals surface area contributed by atoms with Crippen LogP contribution >= 0.6 is 0 Å². The molecule has 2 saturated heterocycles. The summed E-state index contributed by atoms with van der Waals surface area (Å²) in [6.07, 6.45) is 3.59. The predicted octanol–water partition coefficient (Wildman–Crippen LogP) is 1.37. The van der Waals surface area contributed by atoms with Crippen LogP contribution in [0.15, 0.2) is 0 Å². The summed E-state index contributed by atoms with van der Waals surface area (Å²) in [5, 5.41) is 12.0. The third-order valence-electron chi connectivity index (χ3n) is 4.51. The summed E-state index contributed by atoms with van der Waals surface area (Å²) in [4.78, 5) is 27.9. The minimum Gasteiger partial charge on any atom is -0.480 e. The van der Waals surface area contributed by atoms with E-state index in [2.05, 4.69) is 10.2 Å². The lowest BCUT2D eigenvalue weighted by atomic mass is 9.87. The van der Waals surface area contributed by atoms with Crippen molar-refractivity contribution in [2.45, 2.75) is 52.1 Å². The minimum absolute atomic E-state index is 0.248. The monoisotopic (exact) mass is 297 g/mol. The number of hydrogen-bond acceptors (Lipinski definition) is 3. The lowest BCUT2D eigenvalue weighted by molar-refractivity contribution is -0.142. The molecule has 0 aliphatic carbocycles. The SMILES string of the molecule is CC(C)(C)[C@@H](NC(=O)N1CCN2CCCCC2C1)C(=O)O. The van der Waals surface area contributed by atoms with Crippen LogP contribution in [-0.2, 0) is 4.79 Å². The lowest BCUT2D eigenvalue weighted by Gasteiger charge is -2.44. The molecule has 2 N–H and O–H groups in total. The van der Waals surface area contributed by atoms with E-state index in [-0.39, 0.29) is 6.03 Å². The van der Waals surface area contributed by atoms with Gasteiger partial charge in [0.1, 0.15) is 6.04 Å². The molecular formula is C15H27N3O3. The number of rotatable bonds is 2. The standard InChI is InChI=1S/C15H27N3O3/c1-15(2,3)12(13(19)20)16-14(21)18-9-8-17-7-5-4-6-11(17)10-18/h11-12H,4-10H2,1-3H3,(H,16,21)(H,19,20)/t11?,12-/m0/s1. The van der Waals surface area contributed by atoms with Gasteiger partial charge < -0.3 is 15.3 Å². The summed E-state index contributed by atoms with van der Waals surface area (Å²) in [6.45, 7) is 8.88. The largest absolute Gasteiger partial charge is 0.480 e. The second-order valence-electron chi connectivity index (χ2n) is 7.22. The number of carboxylic acid groups (broad SMARTS) is 1. The molecule has 6 heteroatoms. The third-order valence-corrected chi connectivity index (χ3v) is 4.51. The summed E-state index contributed by atoms with van der Waals surface area (Å²) >= 11 is 0. The molecule has 21 heavy (non-hydrogen) atoms. The number of amides is 2. The molecule has 2 aliphatic heterocycles. The molecule has 0 aromatic carbocycles. The number of nitrogens with one attached hydrogen (secondary N) is 1. The number of nitrogens with zero attached hydrogens (tertiary/aromatic N) is 2. The zero-order valence-electron chi connectivity index (χ0n) is 13.3. The van der Waals surface area contributed by atoms with Crippen molar-refractivity contribution in [2.24, 2.45) is 5.41 Å². The summed E-state index contributed by atoms with van der Waals surface area (Å²) in [5.74, 6) is -0.979. The first kappa shape index (κ1) is 16.1. The molecule has 2 fully saturated rings. The van der Waals surface area contributed by atoms with E-state index in [9.17, 15) is 14.7 Å². The summed E-state index contributed by atoms with van der Waals surface area (Å²) < 4.78 is 0. The van der Waals surface area contributed by atoms with Crippen molar-refractivity contribution >= 4 is 12.0 Å². The van der Waals surface area contributed by atoms with Gasteiger partial charge in [0, 0.05) is 25.7 Å². The molecule has 0 saturated carbocycles. The molecule has 120 valence electrons. The van der Waals surface area contributed by atoms with Gasteiger partial charge in [-0.2, -0.15) is 0 Å². The maximum atomic E-state index is 12.4. The Kier molecular flexibility index (Phi) is 4.76. The fraction of sp³-hybridized carbons (Fsp3) is 0.867. The van der Waals surface area contributed by atoms with E-state index < -0.39 is 17.4 Å². The molecule has 2 atom stereocenters. The number of carbonyl (C=O) groups is 2. The van der Waals surface area contributed by atoms with E-state index in [0.717, 1.165) is 19.5 Å². The molecule has 0 aromatic rings. The number of carboxylic acids is 1. The van der Waals surface area contributed by atoms with Crippen LogP contribution in [0.3, 0.4) is 0 Å². The number of hydrogen-bond donors (Lipinski definition) is 2. The van der Waals surface area contributed by atoms with Gasteiger partial charge in [-0.25, -0.2) is 9.59 Å². The van der Waals surface area contributed by atoms with Crippen molar-refractivity contribution in [3.8, 4) is 0 Å². The lowest BCUT2D eigenvalue weighted by Crippen LogP contribution is -2.60. The Morgan fingerprint density at radius 2 is 1.90 bits per heavy atom. The summed E-state index contributed by atoms with van der Waals surface area (Å²) in [7, 11) is 0. The smallest absolute Gasteiger partial charge is 0.326 e. The van der Waals surface area contributed by atoms with Crippen molar-refractivity contribution in [1.82, 2.24) is 15.1 Å². The maximum absolute atomic E-state index is 12.4. The first-order valence-corrected chi connectivity index (χ1v) is 7.81. The van der Waals surface area contributed by atoms with Crippen molar-refractivity contribution in [3.63, 3.8) is 0 Å². The van der Waals surface area contributed by atoms with Crippen LogP contribution in [0.2, 0.25) is 0 Å². The topological polar surface area (TPSA) is 72.9 Å². The Morgan fingerprint density at radius 1 is 1.19 bits per heavy atom. The Labute approximate surface area is 126 Å². The van der Waals surface area contributed by atoms with Crippen LogP contribution in [-0.4, -0.2) is 65.2 Å². The van der Waals surface area contributed by atoms with E-state index in [1.54, 1.807) is 4.90 Å². The molecule has 0 bridgehead atoms. The second kappa shape index (κ2) is 6.22. The van der Waals surface area contributed by atoms with E-state index in [0.29, 0.717) is 19.1 Å². The van der Waals surface area contributed by atoms with E-state index in [1.165, 1.54) is 12.8 Å². The molecule has 0 radical (unpaired) electrons. The fourth-order valence-electron chi connectivity index (χ4n) is 3.20. The Balaban J connectivity index is 1.95. The molecule has 0 aromatic heterocycles. The number of carbonyl (C=O) groups excluding carboxylic acids is 1. The zero-order valence-corrected chi connectivity index (χ0v) is 13.3. The second-order valence-corrected chi connectivity index (χ2v) is 7.22. The van der Waals surface area contributed by atoms with Gasteiger partial charge >= 0.3 is 12.0 Å². The normalized spacial score (nSPS) is 25.1. The molecule has 2 amide bonds. The van der Waals surface area contributed by atoms with Gasteiger partial charge in [-0.1, -0.05) is 27.2 Å². The van der Waals surface area contributed by atoms with Gasteiger partial charge in [0.2, 0.25) is 0 Å². The minimum atomic E-state index is -0.979. The Morgan fingerprint density at radius 3 is 2.52 bits per heavy atom. The molecular weight excluding hydrogens is 270 g/mol.